The molecule has 5 rings (SSSR count). The van der Waals surface area contributed by atoms with Gasteiger partial charge >= 0.3 is 0 Å². The lowest BCUT2D eigenvalue weighted by atomic mass is 10.1. The number of benzene rings is 2. The molecule has 0 atom stereocenters. The summed E-state index contributed by atoms with van der Waals surface area (Å²) >= 11 is 0. The van der Waals surface area contributed by atoms with Gasteiger partial charge in [-0.1, -0.05) is 12.1 Å². The molecule has 0 radical (unpaired) electrons. The molecular weight excluding hydrogens is 408 g/mol. The van der Waals surface area contributed by atoms with E-state index in [1.165, 1.54) is 0 Å². The van der Waals surface area contributed by atoms with Crippen LogP contribution in [-0.4, -0.2) is 71.5 Å². The molecule has 2 aliphatic heterocycles. The van der Waals surface area contributed by atoms with Gasteiger partial charge in [0.25, 0.3) is 11.8 Å². The fourth-order valence-corrected chi connectivity index (χ4v) is 4.27. The number of rotatable bonds is 6. The second kappa shape index (κ2) is 8.57. The normalized spacial score (nSPS) is 16.6. The lowest BCUT2D eigenvalue weighted by Crippen LogP contribution is -2.38. The number of carbonyl (C=O) groups excluding carboxylic acids is 3. The molecule has 2 aromatic carbocycles. The molecule has 0 unspecified atom stereocenters. The first kappa shape index (κ1) is 20.4. The number of morpholine rings is 1. The Morgan fingerprint density at radius 3 is 2.38 bits per heavy atom. The summed E-state index contributed by atoms with van der Waals surface area (Å²) < 4.78 is 7.60. The van der Waals surface area contributed by atoms with Crippen LogP contribution in [-0.2, 0) is 16.1 Å². The number of anilines is 1. The molecule has 3 heterocycles. The fraction of sp³-hybridized carbons (Fsp3) is 0.292. The summed E-state index contributed by atoms with van der Waals surface area (Å²) in [6, 6.07) is 14.4. The Morgan fingerprint density at radius 2 is 1.66 bits per heavy atom. The maximum Gasteiger partial charge on any atom is 0.262 e. The van der Waals surface area contributed by atoms with E-state index in [1.807, 2.05) is 24.3 Å². The number of aromatic nitrogens is 1. The predicted octanol–water partition coefficient (Wildman–Crippen LogP) is 2.21. The number of hydrogen-bond acceptors (Lipinski definition) is 5. The van der Waals surface area contributed by atoms with E-state index in [9.17, 15) is 14.4 Å². The number of hydrogen-bond donors (Lipinski definition) is 1. The number of carbonyl (C=O) groups is 3. The van der Waals surface area contributed by atoms with Crippen LogP contribution in [0.5, 0.6) is 0 Å². The second-order valence-electron chi connectivity index (χ2n) is 8.03. The Labute approximate surface area is 185 Å². The monoisotopic (exact) mass is 432 g/mol. The Morgan fingerprint density at radius 1 is 0.938 bits per heavy atom. The molecule has 1 fully saturated rings. The van der Waals surface area contributed by atoms with Crippen LogP contribution in [0.1, 0.15) is 20.7 Å². The van der Waals surface area contributed by atoms with Crippen molar-refractivity contribution in [3.05, 3.63) is 65.9 Å². The Kier molecular flexibility index (Phi) is 5.46. The molecule has 3 aromatic rings. The van der Waals surface area contributed by atoms with Crippen molar-refractivity contribution in [2.24, 2.45) is 0 Å². The molecule has 2 aliphatic rings. The lowest BCUT2D eigenvalue weighted by molar-refractivity contribution is -0.116. The van der Waals surface area contributed by atoms with Crippen LogP contribution in [0.3, 0.4) is 0 Å². The molecule has 0 aliphatic carbocycles. The maximum absolute atomic E-state index is 12.6. The van der Waals surface area contributed by atoms with Crippen LogP contribution in [0.25, 0.3) is 10.9 Å². The molecule has 0 spiro atoms. The van der Waals surface area contributed by atoms with Gasteiger partial charge in [0.2, 0.25) is 5.91 Å². The van der Waals surface area contributed by atoms with Gasteiger partial charge in [-0.2, -0.15) is 0 Å². The standard InChI is InChI=1S/C24H24N4O4/c29-22(16-28-23(30)19-3-1-2-4-20(19)24(28)31)25-18-5-6-21-17(15-18)7-8-27(21)10-9-26-11-13-32-14-12-26/h1-8,15H,9-14,16H2,(H,25,29). The van der Waals surface area contributed by atoms with E-state index in [-0.39, 0.29) is 6.54 Å². The Hall–Kier alpha value is -3.49. The SMILES string of the molecule is O=C(CN1C(=O)c2ccccc2C1=O)Nc1ccc2c(ccn2CCN2CCOCC2)c1. The number of ether oxygens (including phenoxy) is 1. The van der Waals surface area contributed by atoms with Gasteiger partial charge in [-0.25, -0.2) is 0 Å². The highest BCUT2D eigenvalue weighted by Crippen LogP contribution is 2.23. The number of nitrogens with zero attached hydrogens (tertiary/aromatic N) is 3. The van der Waals surface area contributed by atoms with Crippen molar-refractivity contribution in [2.75, 3.05) is 44.7 Å². The Bertz CT molecular complexity index is 1160. The molecule has 1 saturated heterocycles. The molecule has 1 aromatic heterocycles. The number of amides is 3. The molecule has 1 N–H and O–H groups in total. The van der Waals surface area contributed by atoms with E-state index in [0.29, 0.717) is 16.8 Å². The van der Waals surface area contributed by atoms with Gasteiger partial charge in [0.15, 0.2) is 0 Å². The number of imide groups is 1. The first-order chi connectivity index (χ1) is 15.6. The van der Waals surface area contributed by atoms with E-state index in [1.54, 1.807) is 24.3 Å². The average molecular weight is 432 g/mol. The highest BCUT2D eigenvalue weighted by molar-refractivity contribution is 6.22. The maximum atomic E-state index is 12.6. The van der Waals surface area contributed by atoms with Crippen molar-refractivity contribution in [2.45, 2.75) is 6.54 Å². The van der Waals surface area contributed by atoms with Gasteiger partial charge in [-0.15, -0.1) is 0 Å². The summed E-state index contributed by atoms with van der Waals surface area (Å²) in [6.07, 6.45) is 2.05. The van der Waals surface area contributed by atoms with Gasteiger partial charge in [0, 0.05) is 49.0 Å². The molecule has 3 amide bonds. The van der Waals surface area contributed by atoms with Gasteiger partial charge in [-0.05, 0) is 36.4 Å². The summed E-state index contributed by atoms with van der Waals surface area (Å²) in [6.45, 7) is 5.03. The molecule has 0 bridgehead atoms. The van der Waals surface area contributed by atoms with Crippen LogP contribution >= 0.6 is 0 Å². The summed E-state index contributed by atoms with van der Waals surface area (Å²) in [5.41, 5.74) is 2.40. The van der Waals surface area contributed by atoms with Crippen molar-refractivity contribution >= 4 is 34.3 Å². The summed E-state index contributed by atoms with van der Waals surface area (Å²) in [7, 11) is 0. The van der Waals surface area contributed by atoms with Gasteiger partial charge < -0.3 is 14.6 Å². The zero-order valence-electron chi connectivity index (χ0n) is 17.6. The topological polar surface area (TPSA) is 83.9 Å². The van der Waals surface area contributed by atoms with Crippen LogP contribution in [0.4, 0.5) is 5.69 Å². The van der Waals surface area contributed by atoms with Crippen LogP contribution in [0.2, 0.25) is 0 Å². The van der Waals surface area contributed by atoms with Crippen LogP contribution in [0.15, 0.2) is 54.7 Å². The zero-order valence-corrected chi connectivity index (χ0v) is 17.6. The lowest BCUT2D eigenvalue weighted by Gasteiger charge is -2.26. The average Bonchev–Trinajstić information content (AvgIpc) is 3.32. The minimum absolute atomic E-state index is 0.315. The molecule has 8 nitrogen and oxygen atoms in total. The van der Waals surface area contributed by atoms with Crippen LogP contribution in [0, 0.1) is 0 Å². The van der Waals surface area contributed by atoms with E-state index in [2.05, 4.69) is 21.0 Å². The molecule has 8 heteroatoms. The van der Waals surface area contributed by atoms with Crippen molar-refractivity contribution in [3.63, 3.8) is 0 Å². The van der Waals surface area contributed by atoms with Gasteiger partial charge in [0.1, 0.15) is 6.54 Å². The third-order valence-electron chi connectivity index (χ3n) is 6.00. The van der Waals surface area contributed by atoms with E-state index < -0.39 is 17.7 Å². The first-order valence-electron chi connectivity index (χ1n) is 10.7. The quantitative estimate of drug-likeness (QED) is 0.604. The van der Waals surface area contributed by atoms with E-state index in [0.717, 1.165) is 55.2 Å². The first-order valence-corrected chi connectivity index (χ1v) is 10.7. The number of nitrogens with one attached hydrogen (secondary N) is 1. The van der Waals surface area contributed by atoms with Gasteiger partial charge in [-0.3, -0.25) is 24.2 Å². The van der Waals surface area contributed by atoms with Crippen LogP contribution < -0.4 is 5.32 Å². The summed E-state index contributed by atoms with van der Waals surface area (Å²) in [5.74, 6) is -1.28. The van der Waals surface area contributed by atoms with E-state index in [4.69, 9.17) is 4.74 Å². The van der Waals surface area contributed by atoms with Crippen molar-refractivity contribution in [1.29, 1.82) is 0 Å². The highest BCUT2D eigenvalue weighted by Gasteiger charge is 2.36. The molecule has 32 heavy (non-hydrogen) atoms. The van der Waals surface area contributed by atoms with Crippen molar-refractivity contribution in [1.82, 2.24) is 14.4 Å². The predicted molar refractivity (Wildman–Crippen MR) is 120 cm³/mol. The molecular formula is C24H24N4O4. The Balaban J connectivity index is 1.22. The minimum Gasteiger partial charge on any atom is -0.379 e. The highest BCUT2D eigenvalue weighted by atomic mass is 16.5. The van der Waals surface area contributed by atoms with Crippen molar-refractivity contribution in [3.8, 4) is 0 Å². The third kappa shape index (κ3) is 3.90. The largest absolute Gasteiger partial charge is 0.379 e. The number of fused-ring (bicyclic) bond motifs is 2. The third-order valence-corrected chi connectivity index (χ3v) is 6.00. The molecule has 164 valence electrons. The minimum atomic E-state index is -0.437. The van der Waals surface area contributed by atoms with Crippen molar-refractivity contribution < 1.29 is 19.1 Å². The zero-order chi connectivity index (χ0) is 22.1. The van der Waals surface area contributed by atoms with Gasteiger partial charge in [0.05, 0.1) is 24.3 Å². The van der Waals surface area contributed by atoms with E-state index >= 15 is 0 Å². The molecule has 0 saturated carbocycles. The summed E-state index contributed by atoms with van der Waals surface area (Å²) in [4.78, 5) is 40.9. The summed E-state index contributed by atoms with van der Waals surface area (Å²) in [5, 5.41) is 3.82. The smallest absolute Gasteiger partial charge is 0.262 e. The second-order valence-corrected chi connectivity index (χ2v) is 8.03. The fourth-order valence-electron chi connectivity index (χ4n) is 4.27.